The van der Waals surface area contributed by atoms with Gasteiger partial charge in [0.05, 0.1) is 17.5 Å². The number of hydrogen-bond acceptors (Lipinski definition) is 3. The molecule has 84 valence electrons. The van der Waals surface area contributed by atoms with E-state index in [-0.39, 0.29) is 6.10 Å². The van der Waals surface area contributed by atoms with Crippen LogP contribution in [-0.4, -0.2) is 24.8 Å². The minimum absolute atomic E-state index is 0.277. The van der Waals surface area contributed by atoms with Crippen molar-refractivity contribution >= 4 is 27.3 Å². The normalized spacial score (nSPS) is 12.5. The van der Waals surface area contributed by atoms with E-state index in [0.717, 1.165) is 28.8 Å². The number of halogens is 1. The van der Waals surface area contributed by atoms with Crippen molar-refractivity contribution in [2.45, 2.75) is 19.4 Å². The maximum atomic E-state index is 9.20. The van der Waals surface area contributed by atoms with Crippen LogP contribution >= 0.6 is 15.9 Å². The van der Waals surface area contributed by atoms with Crippen LogP contribution in [0.5, 0.6) is 0 Å². The molecule has 0 saturated carbocycles. The summed E-state index contributed by atoms with van der Waals surface area (Å²) < 4.78 is 1.01. The maximum Gasteiger partial charge on any atom is 0.0608 e. The maximum absolute atomic E-state index is 9.20. The average molecular weight is 273 g/mol. The van der Waals surface area contributed by atoms with Crippen LogP contribution in [-0.2, 0) is 0 Å². The number of anilines is 2. The third-order valence-electron chi connectivity index (χ3n) is 2.29. The first-order valence-corrected chi connectivity index (χ1v) is 5.74. The summed E-state index contributed by atoms with van der Waals surface area (Å²) in [6.07, 6.45) is 0.462. The summed E-state index contributed by atoms with van der Waals surface area (Å²) in [5.41, 5.74) is 7.62. The predicted molar refractivity (Wildman–Crippen MR) is 68.1 cm³/mol. The van der Waals surface area contributed by atoms with Gasteiger partial charge in [0.1, 0.15) is 0 Å². The standard InChI is InChI=1S/C11H17BrN2O/c1-8(15)5-6-14(2)11-7-9(12)3-4-10(11)13/h3-4,7-8,15H,5-6,13H2,1-2H3. The van der Waals surface area contributed by atoms with Crippen LogP contribution in [0.15, 0.2) is 22.7 Å². The molecule has 3 nitrogen and oxygen atoms in total. The summed E-state index contributed by atoms with van der Waals surface area (Å²) in [7, 11) is 1.97. The van der Waals surface area contributed by atoms with Gasteiger partial charge < -0.3 is 15.7 Å². The van der Waals surface area contributed by atoms with E-state index in [1.807, 2.05) is 30.1 Å². The summed E-state index contributed by atoms with van der Waals surface area (Å²) in [6, 6.07) is 5.77. The molecule has 0 spiro atoms. The third kappa shape index (κ3) is 3.72. The zero-order valence-electron chi connectivity index (χ0n) is 9.07. The number of nitrogens with zero attached hydrogens (tertiary/aromatic N) is 1. The first-order valence-electron chi connectivity index (χ1n) is 4.95. The lowest BCUT2D eigenvalue weighted by atomic mass is 10.2. The van der Waals surface area contributed by atoms with Gasteiger partial charge in [-0.05, 0) is 31.5 Å². The lowest BCUT2D eigenvalue weighted by Gasteiger charge is -2.22. The average Bonchev–Trinajstić information content (AvgIpc) is 2.18. The molecule has 0 radical (unpaired) electrons. The Morgan fingerprint density at radius 2 is 2.20 bits per heavy atom. The van der Waals surface area contributed by atoms with Crippen LogP contribution < -0.4 is 10.6 Å². The Bertz CT molecular complexity index is 328. The molecule has 1 atom stereocenters. The summed E-state index contributed by atoms with van der Waals surface area (Å²) in [4.78, 5) is 2.05. The van der Waals surface area contributed by atoms with Crippen molar-refractivity contribution < 1.29 is 5.11 Å². The number of rotatable bonds is 4. The Morgan fingerprint density at radius 1 is 1.53 bits per heavy atom. The van der Waals surface area contributed by atoms with Gasteiger partial charge in [0, 0.05) is 18.1 Å². The van der Waals surface area contributed by atoms with Gasteiger partial charge in [0.2, 0.25) is 0 Å². The Labute approximate surface area is 99.0 Å². The summed E-state index contributed by atoms with van der Waals surface area (Å²) in [5, 5.41) is 9.20. The first-order chi connectivity index (χ1) is 7.00. The van der Waals surface area contributed by atoms with Gasteiger partial charge >= 0.3 is 0 Å². The van der Waals surface area contributed by atoms with Gasteiger partial charge in [0.25, 0.3) is 0 Å². The Balaban J connectivity index is 2.72. The third-order valence-corrected chi connectivity index (χ3v) is 2.78. The van der Waals surface area contributed by atoms with Gasteiger partial charge in [-0.25, -0.2) is 0 Å². The predicted octanol–water partition coefficient (Wildman–Crippen LogP) is 2.24. The molecule has 0 fully saturated rings. The van der Waals surface area contributed by atoms with Crippen molar-refractivity contribution in [1.29, 1.82) is 0 Å². The summed E-state index contributed by atoms with van der Waals surface area (Å²) in [5.74, 6) is 0. The zero-order chi connectivity index (χ0) is 11.4. The zero-order valence-corrected chi connectivity index (χ0v) is 10.7. The number of hydrogen-bond donors (Lipinski definition) is 2. The molecule has 0 aliphatic rings. The quantitative estimate of drug-likeness (QED) is 0.827. The highest BCUT2D eigenvalue weighted by atomic mass is 79.9. The number of benzene rings is 1. The molecule has 1 unspecified atom stereocenters. The summed E-state index contributed by atoms with van der Waals surface area (Å²) in [6.45, 7) is 2.58. The number of aliphatic hydroxyl groups excluding tert-OH is 1. The fourth-order valence-corrected chi connectivity index (χ4v) is 1.70. The van der Waals surface area contributed by atoms with Crippen molar-refractivity contribution in [1.82, 2.24) is 0 Å². The van der Waals surface area contributed by atoms with Crippen molar-refractivity contribution in [3.8, 4) is 0 Å². The molecule has 0 aliphatic carbocycles. The molecule has 0 heterocycles. The van der Waals surface area contributed by atoms with Crippen LogP contribution in [0.3, 0.4) is 0 Å². The fourth-order valence-electron chi connectivity index (χ4n) is 1.35. The fraction of sp³-hybridized carbons (Fsp3) is 0.455. The van der Waals surface area contributed by atoms with Gasteiger partial charge in [-0.1, -0.05) is 15.9 Å². The molecule has 0 amide bonds. The van der Waals surface area contributed by atoms with Crippen LogP contribution in [0.25, 0.3) is 0 Å². The molecule has 0 bridgehead atoms. The van der Waals surface area contributed by atoms with Gasteiger partial charge in [-0.2, -0.15) is 0 Å². The Hall–Kier alpha value is -0.740. The van der Waals surface area contributed by atoms with E-state index < -0.39 is 0 Å². The molecular weight excluding hydrogens is 256 g/mol. The highest BCUT2D eigenvalue weighted by Gasteiger charge is 2.06. The van der Waals surface area contributed by atoms with Crippen LogP contribution in [0.4, 0.5) is 11.4 Å². The highest BCUT2D eigenvalue weighted by Crippen LogP contribution is 2.26. The summed E-state index contributed by atoms with van der Waals surface area (Å²) >= 11 is 3.41. The molecule has 0 aromatic heterocycles. The van der Waals surface area contributed by atoms with Gasteiger partial charge in [-0.15, -0.1) is 0 Å². The lowest BCUT2D eigenvalue weighted by Crippen LogP contribution is -2.22. The molecule has 1 aromatic carbocycles. The number of nitrogens with two attached hydrogens (primary N) is 1. The molecule has 1 rings (SSSR count). The van der Waals surface area contributed by atoms with E-state index >= 15 is 0 Å². The molecule has 0 aliphatic heterocycles. The second kappa shape index (κ2) is 5.37. The Morgan fingerprint density at radius 3 is 2.80 bits per heavy atom. The van der Waals surface area contributed by atoms with Crippen molar-refractivity contribution in [2.75, 3.05) is 24.2 Å². The van der Waals surface area contributed by atoms with Crippen LogP contribution in [0.2, 0.25) is 0 Å². The lowest BCUT2D eigenvalue weighted by molar-refractivity contribution is 0.187. The van der Waals surface area contributed by atoms with Gasteiger partial charge in [0.15, 0.2) is 0 Å². The molecule has 1 aromatic rings. The first kappa shape index (κ1) is 12.3. The number of nitrogen functional groups attached to an aromatic ring is 1. The minimum atomic E-state index is -0.277. The van der Waals surface area contributed by atoms with E-state index in [0.29, 0.717) is 0 Å². The molecule has 3 N–H and O–H groups in total. The smallest absolute Gasteiger partial charge is 0.0608 e. The molecule has 4 heteroatoms. The topological polar surface area (TPSA) is 49.5 Å². The van der Waals surface area contributed by atoms with E-state index in [4.69, 9.17) is 5.73 Å². The van der Waals surface area contributed by atoms with Crippen LogP contribution in [0.1, 0.15) is 13.3 Å². The number of aliphatic hydroxyl groups is 1. The molecule has 15 heavy (non-hydrogen) atoms. The van der Waals surface area contributed by atoms with E-state index in [1.165, 1.54) is 0 Å². The molecular formula is C11H17BrN2O. The minimum Gasteiger partial charge on any atom is -0.397 e. The SMILES string of the molecule is CC(O)CCN(C)c1cc(Br)ccc1N. The van der Waals surface area contributed by atoms with Crippen molar-refractivity contribution in [2.24, 2.45) is 0 Å². The second-order valence-corrected chi connectivity index (χ2v) is 4.68. The largest absolute Gasteiger partial charge is 0.397 e. The van der Waals surface area contributed by atoms with E-state index in [1.54, 1.807) is 6.92 Å². The Kier molecular flexibility index (Phi) is 4.42. The van der Waals surface area contributed by atoms with E-state index in [2.05, 4.69) is 15.9 Å². The second-order valence-electron chi connectivity index (χ2n) is 3.76. The van der Waals surface area contributed by atoms with Gasteiger partial charge in [-0.3, -0.25) is 0 Å². The molecule has 0 saturated heterocycles. The van der Waals surface area contributed by atoms with Crippen LogP contribution in [0, 0.1) is 0 Å². The highest BCUT2D eigenvalue weighted by molar-refractivity contribution is 9.10. The van der Waals surface area contributed by atoms with Crippen molar-refractivity contribution in [3.63, 3.8) is 0 Å². The monoisotopic (exact) mass is 272 g/mol. The van der Waals surface area contributed by atoms with Crippen molar-refractivity contribution in [3.05, 3.63) is 22.7 Å². The van der Waals surface area contributed by atoms with E-state index in [9.17, 15) is 5.11 Å².